The molecule has 30 heavy (non-hydrogen) atoms. The van der Waals surface area contributed by atoms with Crippen LogP contribution in [-0.4, -0.2) is 54.0 Å². The molecule has 0 saturated carbocycles. The summed E-state index contributed by atoms with van der Waals surface area (Å²) < 4.78 is 0. The first-order valence-corrected chi connectivity index (χ1v) is 10.6. The second-order valence-electron chi connectivity index (χ2n) is 7.72. The number of piperidine rings is 1. The minimum Gasteiger partial charge on any atom is -0.331 e. The molecule has 0 radical (unpaired) electrons. The van der Waals surface area contributed by atoms with Crippen molar-refractivity contribution >= 4 is 29.2 Å². The van der Waals surface area contributed by atoms with E-state index in [1.165, 1.54) is 6.20 Å². The van der Waals surface area contributed by atoms with Gasteiger partial charge in [0.15, 0.2) is 0 Å². The molecular weight excluding hydrogens is 421 g/mol. The topological polar surface area (TPSA) is 72.3 Å². The first-order valence-electron chi connectivity index (χ1n) is 9.87. The number of hydrogen-bond donors (Lipinski definition) is 1. The average molecular weight is 446 g/mol. The third-order valence-electron chi connectivity index (χ3n) is 5.65. The van der Waals surface area contributed by atoms with Crippen molar-refractivity contribution in [3.05, 3.63) is 51.8 Å². The van der Waals surface area contributed by atoms with E-state index in [0.29, 0.717) is 26.7 Å². The van der Waals surface area contributed by atoms with Crippen LogP contribution in [0.15, 0.2) is 30.6 Å². The predicted octanol–water partition coefficient (Wildman–Crippen LogP) is 4.72. The van der Waals surface area contributed by atoms with Crippen LogP contribution in [0.1, 0.15) is 36.9 Å². The van der Waals surface area contributed by atoms with Gasteiger partial charge in [-0.3, -0.25) is 4.98 Å². The lowest BCUT2D eigenvalue weighted by Crippen LogP contribution is -2.48. The third kappa shape index (κ3) is 4.86. The summed E-state index contributed by atoms with van der Waals surface area (Å²) in [7, 11) is 3.94. The smallest absolute Gasteiger partial charge is 0.317 e. The summed E-state index contributed by atoms with van der Waals surface area (Å²) in [5, 5.41) is 12.9. The van der Waals surface area contributed by atoms with Crippen LogP contribution in [0.5, 0.6) is 0 Å². The van der Waals surface area contributed by atoms with Gasteiger partial charge in [-0.25, -0.2) is 4.79 Å². The molecule has 0 spiro atoms. The summed E-state index contributed by atoms with van der Waals surface area (Å²) in [6, 6.07) is 7.27. The number of benzene rings is 1. The van der Waals surface area contributed by atoms with Gasteiger partial charge >= 0.3 is 6.03 Å². The maximum Gasteiger partial charge on any atom is 0.317 e. The molecule has 1 aliphatic heterocycles. The van der Waals surface area contributed by atoms with Gasteiger partial charge in [0.1, 0.15) is 6.07 Å². The molecule has 1 atom stereocenters. The minimum absolute atomic E-state index is 0.126. The molecule has 2 heterocycles. The number of carbonyl (C=O) groups is 1. The van der Waals surface area contributed by atoms with Crippen molar-refractivity contribution in [3.8, 4) is 17.2 Å². The van der Waals surface area contributed by atoms with Crippen molar-refractivity contribution in [1.29, 1.82) is 5.26 Å². The summed E-state index contributed by atoms with van der Waals surface area (Å²) >= 11 is 13.1. The lowest BCUT2D eigenvalue weighted by atomic mass is 10.0. The van der Waals surface area contributed by atoms with Crippen LogP contribution in [0.25, 0.3) is 11.1 Å². The van der Waals surface area contributed by atoms with Gasteiger partial charge in [-0.05, 0) is 51.5 Å². The Morgan fingerprint density at radius 2 is 2.00 bits per heavy atom. The van der Waals surface area contributed by atoms with Gasteiger partial charge in [0.2, 0.25) is 0 Å². The Bertz CT molecular complexity index is 966. The van der Waals surface area contributed by atoms with Crippen LogP contribution in [-0.2, 0) is 0 Å². The Morgan fingerprint density at radius 3 is 2.67 bits per heavy atom. The maximum atomic E-state index is 12.7. The highest BCUT2D eigenvalue weighted by Gasteiger charge is 2.25. The van der Waals surface area contributed by atoms with Gasteiger partial charge in [-0.1, -0.05) is 35.3 Å². The number of hydrogen-bond acceptors (Lipinski definition) is 4. The van der Waals surface area contributed by atoms with E-state index in [2.05, 4.69) is 28.3 Å². The summed E-state index contributed by atoms with van der Waals surface area (Å²) in [6.45, 7) is 3.86. The monoisotopic (exact) mass is 445 g/mol. The van der Waals surface area contributed by atoms with E-state index in [1.807, 2.05) is 26.1 Å². The Hall–Kier alpha value is -2.33. The molecule has 3 rings (SSSR count). The van der Waals surface area contributed by atoms with Crippen molar-refractivity contribution in [2.75, 3.05) is 27.2 Å². The van der Waals surface area contributed by atoms with Gasteiger partial charge in [0.25, 0.3) is 0 Å². The highest BCUT2D eigenvalue weighted by atomic mass is 35.5. The second kappa shape index (κ2) is 9.65. The van der Waals surface area contributed by atoms with Gasteiger partial charge in [-0.2, -0.15) is 5.26 Å². The van der Waals surface area contributed by atoms with Crippen molar-refractivity contribution in [1.82, 2.24) is 20.1 Å². The number of nitrogens with one attached hydrogen (secondary N) is 1. The molecule has 1 aromatic heterocycles. The molecule has 1 fully saturated rings. The fourth-order valence-electron chi connectivity index (χ4n) is 3.68. The minimum atomic E-state index is -0.311. The highest BCUT2D eigenvalue weighted by molar-refractivity contribution is 6.44. The van der Waals surface area contributed by atoms with E-state index in [9.17, 15) is 4.79 Å². The molecular formula is C22H25Cl2N5O. The SMILES string of the molecule is CC(NC(=O)N(C)C1CCN(C)CC1)c1ccc(-c2cncc(C#N)c2)c(Cl)c1Cl. The molecule has 2 amide bonds. The van der Waals surface area contributed by atoms with E-state index in [0.717, 1.165) is 31.5 Å². The normalized spacial score (nSPS) is 16.0. The lowest BCUT2D eigenvalue weighted by Gasteiger charge is -2.35. The van der Waals surface area contributed by atoms with E-state index < -0.39 is 0 Å². The van der Waals surface area contributed by atoms with Gasteiger partial charge in [0, 0.05) is 36.6 Å². The number of aromatic nitrogens is 1. The first kappa shape index (κ1) is 22.4. The zero-order valence-electron chi connectivity index (χ0n) is 17.3. The van der Waals surface area contributed by atoms with E-state index >= 15 is 0 Å². The number of nitriles is 1. The first-order chi connectivity index (χ1) is 14.3. The summed E-state index contributed by atoms with van der Waals surface area (Å²) in [5.41, 5.74) is 2.59. The Morgan fingerprint density at radius 1 is 1.30 bits per heavy atom. The number of rotatable bonds is 4. The molecule has 1 aliphatic rings. The van der Waals surface area contributed by atoms with E-state index in [1.54, 1.807) is 17.2 Å². The number of halogens is 2. The van der Waals surface area contributed by atoms with Gasteiger partial charge < -0.3 is 15.1 Å². The molecule has 2 aromatic rings. The molecule has 1 unspecified atom stereocenters. The van der Waals surface area contributed by atoms with Crippen LogP contribution in [0.4, 0.5) is 4.79 Å². The number of nitrogens with zero attached hydrogens (tertiary/aromatic N) is 4. The molecule has 158 valence electrons. The Balaban J connectivity index is 1.74. The number of urea groups is 1. The summed E-state index contributed by atoms with van der Waals surface area (Å²) in [4.78, 5) is 20.9. The molecule has 0 bridgehead atoms. The second-order valence-corrected chi connectivity index (χ2v) is 8.48. The molecule has 1 aromatic carbocycles. The third-order valence-corrected chi connectivity index (χ3v) is 6.55. The van der Waals surface area contributed by atoms with Crippen molar-refractivity contribution < 1.29 is 4.79 Å². The summed E-state index contributed by atoms with van der Waals surface area (Å²) in [5.74, 6) is 0. The Labute approximate surface area is 187 Å². The van der Waals surface area contributed by atoms with Crippen LogP contribution >= 0.6 is 23.2 Å². The van der Waals surface area contributed by atoms with Gasteiger partial charge in [-0.15, -0.1) is 0 Å². The highest BCUT2D eigenvalue weighted by Crippen LogP contribution is 2.38. The van der Waals surface area contributed by atoms with Crippen molar-refractivity contribution in [2.24, 2.45) is 0 Å². The fourth-order valence-corrected chi connectivity index (χ4v) is 4.29. The van der Waals surface area contributed by atoms with E-state index in [4.69, 9.17) is 28.5 Å². The Kier molecular flexibility index (Phi) is 7.19. The molecule has 0 aliphatic carbocycles. The maximum absolute atomic E-state index is 12.7. The number of likely N-dealkylation sites (tertiary alicyclic amines) is 1. The number of pyridine rings is 1. The quantitative estimate of drug-likeness (QED) is 0.738. The predicted molar refractivity (Wildman–Crippen MR) is 120 cm³/mol. The van der Waals surface area contributed by atoms with Crippen LogP contribution in [0.2, 0.25) is 10.0 Å². The van der Waals surface area contributed by atoms with Crippen LogP contribution in [0, 0.1) is 11.3 Å². The molecule has 6 nitrogen and oxygen atoms in total. The molecule has 8 heteroatoms. The standard InChI is InChI=1S/C22H25Cl2N5O/c1-14(27-22(30)29(3)17-6-8-28(2)9-7-17)18-4-5-19(21(24)20(18)23)16-10-15(11-25)12-26-13-16/h4-5,10,12-14,17H,6-9H2,1-3H3,(H,27,30). The lowest BCUT2D eigenvalue weighted by molar-refractivity contribution is 0.146. The van der Waals surface area contributed by atoms with Gasteiger partial charge in [0.05, 0.1) is 21.7 Å². The van der Waals surface area contributed by atoms with Crippen molar-refractivity contribution in [2.45, 2.75) is 31.8 Å². The fraction of sp³-hybridized carbons (Fsp3) is 0.409. The van der Waals surface area contributed by atoms with E-state index in [-0.39, 0.29) is 18.1 Å². The van der Waals surface area contributed by atoms with Crippen LogP contribution in [0.3, 0.4) is 0 Å². The van der Waals surface area contributed by atoms with Crippen molar-refractivity contribution in [3.63, 3.8) is 0 Å². The van der Waals surface area contributed by atoms with Crippen LogP contribution < -0.4 is 5.32 Å². The zero-order chi connectivity index (χ0) is 21.8. The average Bonchev–Trinajstić information content (AvgIpc) is 2.75. The zero-order valence-corrected chi connectivity index (χ0v) is 18.8. The summed E-state index contributed by atoms with van der Waals surface area (Å²) in [6.07, 6.45) is 5.06. The molecule has 1 N–H and O–H groups in total. The largest absolute Gasteiger partial charge is 0.331 e. The number of carbonyl (C=O) groups excluding carboxylic acids is 1. The molecule has 1 saturated heterocycles. The number of amides is 2.